The van der Waals surface area contributed by atoms with E-state index in [4.69, 9.17) is 9.47 Å². The summed E-state index contributed by atoms with van der Waals surface area (Å²) >= 11 is 0. The number of carbonyl (C=O) groups is 4. The fourth-order valence-electron chi connectivity index (χ4n) is 2.83. The van der Waals surface area contributed by atoms with Gasteiger partial charge in [0.15, 0.2) is 5.78 Å². The van der Waals surface area contributed by atoms with Gasteiger partial charge in [-0.2, -0.15) is 0 Å². The minimum absolute atomic E-state index is 0.0709. The van der Waals surface area contributed by atoms with E-state index in [0.717, 1.165) is 0 Å². The van der Waals surface area contributed by atoms with E-state index >= 15 is 0 Å². The highest BCUT2D eigenvalue weighted by molar-refractivity contribution is 6.05. The number of ether oxygens (including phenoxy) is 3. The smallest absolute Gasteiger partial charge is 0.410 e. The summed E-state index contributed by atoms with van der Waals surface area (Å²) in [5.74, 6) is -1.68. The zero-order chi connectivity index (χ0) is 20.7. The van der Waals surface area contributed by atoms with Gasteiger partial charge in [-0.1, -0.05) is 12.7 Å². The number of carbonyl (C=O) groups excluding carboxylic acids is 4. The molecule has 0 radical (unpaired) electrons. The molecule has 0 aromatic rings. The van der Waals surface area contributed by atoms with Crippen molar-refractivity contribution in [2.75, 3.05) is 26.8 Å². The monoisotopic (exact) mass is 383 g/mol. The van der Waals surface area contributed by atoms with E-state index in [1.54, 1.807) is 20.8 Å². The molecular weight excluding hydrogens is 354 g/mol. The van der Waals surface area contributed by atoms with Crippen LogP contribution in [0.5, 0.6) is 0 Å². The molecule has 1 rings (SSSR count). The van der Waals surface area contributed by atoms with Crippen molar-refractivity contribution in [3.05, 3.63) is 12.7 Å². The van der Waals surface area contributed by atoms with Crippen molar-refractivity contribution in [3.63, 3.8) is 0 Å². The highest BCUT2D eigenvalue weighted by Crippen LogP contribution is 2.34. The van der Waals surface area contributed by atoms with Crippen LogP contribution in [0.4, 0.5) is 4.79 Å². The second-order valence-electron chi connectivity index (χ2n) is 7.47. The third-order valence-electron chi connectivity index (χ3n) is 4.18. The molecule has 1 amide bonds. The molecule has 0 aromatic carbocycles. The van der Waals surface area contributed by atoms with Crippen LogP contribution in [-0.4, -0.2) is 61.1 Å². The zero-order valence-corrected chi connectivity index (χ0v) is 16.5. The molecule has 1 aliphatic rings. The van der Waals surface area contributed by atoms with Gasteiger partial charge >= 0.3 is 18.0 Å². The lowest BCUT2D eigenvalue weighted by Gasteiger charge is -2.33. The number of nitrogens with zero attached hydrogens (tertiary/aromatic N) is 1. The van der Waals surface area contributed by atoms with Crippen molar-refractivity contribution < 1.29 is 33.4 Å². The molecule has 0 saturated carbocycles. The van der Waals surface area contributed by atoms with E-state index in [2.05, 4.69) is 11.3 Å². The number of esters is 2. The molecule has 8 heteroatoms. The minimum Gasteiger partial charge on any atom is -0.469 e. The number of hydrogen-bond acceptors (Lipinski definition) is 7. The van der Waals surface area contributed by atoms with Crippen LogP contribution in [0.1, 0.15) is 46.5 Å². The first-order valence-corrected chi connectivity index (χ1v) is 8.92. The maximum absolute atomic E-state index is 12.8. The van der Waals surface area contributed by atoms with E-state index in [9.17, 15) is 19.2 Å². The molecule has 0 aliphatic carbocycles. The summed E-state index contributed by atoms with van der Waals surface area (Å²) in [4.78, 5) is 51.1. The molecule has 1 atom stereocenters. The van der Waals surface area contributed by atoms with Crippen LogP contribution < -0.4 is 0 Å². The molecule has 8 nitrogen and oxygen atoms in total. The number of amides is 1. The van der Waals surface area contributed by atoms with Crippen molar-refractivity contribution >= 4 is 23.8 Å². The van der Waals surface area contributed by atoms with Crippen molar-refractivity contribution in [1.29, 1.82) is 0 Å². The van der Waals surface area contributed by atoms with Gasteiger partial charge in [0.25, 0.3) is 0 Å². The number of hydrogen-bond donors (Lipinski definition) is 0. The van der Waals surface area contributed by atoms with Crippen molar-refractivity contribution in [2.45, 2.75) is 52.1 Å². The Balaban J connectivity index is 3.17. The largest absolute Gasteiger partial charge is 0.469 e. The molecule has 1 unspecified atom stereocenters. The van der Waals surface area contributed by atoms with Gasteiger partial charge in [0.1, 0.15) is 17.6 Å². The molecule has 0 bridgehead atoms. The molecule has 0 N–H and O–H groups in total. The number of likely N-dealkylation sites (tertiary alicyclic amines) is 1. The average molecular weight is 383 g/mol. The lowest BCUT2D eigenvalue weighted by atomic mass is 9.77. The van der Waals surface area contributed by atoms with Crippen molar-refractivity contribution in [2.24, 2.45) is 5.41 Å². The average Bonchev–Trinajstić information content (AvgIpc) is 2.76. The second-order valence-corrected chi connectivity index (χ2v) is 7.47. The Bertz CT molecular complexity index is 593. The maximum atomic E-state index is 12.8. The van der Waals surface area contributed by atoms with E-state index in [1.165, 1.54) is 18.1 Å². The molecule has 1 heterocycles. The number of ketones is 1. The second kappa shape index (κ2) is 9.53. The lowest BCUT2D eigenvalue weighted by molar-refractivity contribution is -0.161. The van der Waals surface area contributed by atoms with Crippen LogP contribution >= 0.6 is 0 Å². The van der Waals surface area contributed by atoms with Gasteiger partial charge in [-0.25, -0.2) is 4.79 Å². The highest BCUT2D eigenvalue weighted by Gasteiger charge is 2.50. The molecule has 1 aliphatic heterocycles. The van der Waals surface area contributed by atoms with Gasteiger partial charge in [-0.3, -0.25) is 14.4 Å². The summed E-state index contributed by atoms with van der Waals surface area (Å²) in [5, 5.41) is 0. The Hall–Kier alpha value is -2.38. The maximum Gasteiger partial charge on any atom is 0.410 e. The third-order valence-corrected chi connectivity index (χ3v) is 4.18. The van der Waals surface area contributed by atoms with Crippen LogP contribution in [0.25, 0.3) is 0 Å². The quantitative estimate of drug-likeness (QED) is 0.300. The van der Waals surface area contributed by atoms with E-state index in [0.29, 0.717) is 6.42 Å². The Morgan fingerprint density at radius 1 is 1.30 bits per heavy atom. The van der Waals surface area contributed by atoms with Crippen molar-refractivity contribution in [3.8, 4) is 0 Å². The minimum atomic E-state index is -1.63. The molecule has 1 saturated heterocycles. The Kier molecular flexibility index (Phi) is 7.99. The van der Waals surface area contributed by atoms with Gasteiger partial charge in [0.2, 0.25) is 0 Å². The summed E-state index contributed by atoms with van der Waals surface area (Å²) in [5.41, 5.74) is -2.35. The number of Topliss-reactive ketones (excluding diaryl/α,β-unsaturated/α-hetero) is 1. The number of methoxy groups -OCH3 is 1. The standard InChI is InChI=1S/C19H29NO7/c1-6-12-26-16(23)19(10-9-15(22)25-5)13-20(11-7-8-14(19)21)17(24)27-18(2,3)4/h6H,1,7-13H2,2-5H3. The first kappa shape index (κ1) is 22.7. The normalized spacial score (nSPS) is 20.4. The van der Waals surface area contributed by atoms with Crippen LogP contribution in [0.2, 0.25) is 0 Å². The molecular formula is C19H29NO7. The first-order valence-electron chi connectivity index (χ1n) is 8.92. The summed E-state index contributed by atoms with van der Waals surface area (Å²) in [6.45, 7) is 8.69. The van der Waals surface area contributed by atoms with Crippen molar-refractivity contribution in [1.82, 2.24) is 4.90 Å². The molecule has 1 fully saturated rings. The lowest BCUT2D eigenvalue weighted by Crippen LogP contribution is -2.50. The van der Waals surface area contributed by atoms with E-state index in [1.807, 2.05) is 0 Å². The zero-order valence-electron chi connectivity index (χ0n) is 16.5. The molecule has 152 valence electrons. The number of rotatable bonds is 6. The van der Waals surface area contributed by atoms with Crippen LogP contribution in [0.3, 0.4) is 0 Å². The topological polar surface area (TPSA) is 99.2 Å². The highest BCUT2D eigenvalue weighted by atomic mass is 16.6. The SMILES string of the molecule is C=CCOC(=O)C1(CCC(=O)OC)CN(C(=O)OC(C)(C)C)CCCC1=O. The van der Waals surface area contributed by atoms with Crippen LogP contribution in [-0.2, 0) is 28.6 Å². The summed E-state index contributed by atoms with van der Waals surface area (Å²) in [6, 6.07) is 0. The van der Waals surface area contributed by atoms with Gasteiger partial charge in [-0.05, 0) is 33.6 Å². The Morgan fingerprint density at radius 3 is 2.52 bits per heavy atom. The summed E-state index contributed by atoms with van der Waals surface area (Å²) in [6.07, 6.45) is 1.02. The summed E-state index contributed by atoms with van der Waals surface area (Å²) in [7, 11) is 1.23. The Labute approximate surface area is 159 Å². The third kappa shape index (κ3) is 6.37. The van der Waals surface area contributed by atoms with Gasteiger partial charge in [0.05, 0.1) is 7.11 Å². The van der Waals surface area contributed by atoms with Gasteiger partial charge in [-0.15, -0.1) is 0 Å². The molecule has 0 spiro atoms. The summed E-state index contributed by atoms with van der Waals surface area (Å²) < 4.78 is 15.2. The Morgan fingerprint density at radius 2 is 1.96 bits per heavy atom. The predicted octanol–water partition coefficient (Wildman–Crippen LogP) is 2.26. The predicted molar refractivity (Wildman–Crippen MR) is 96.9 cm³/mol. The fraction of sp³-hybridized carbons (Fsp3) is 0.684. The van der Waals surface area contributed by atoms with E-state index < -0.39 is 29.0 Å². The first-order chi connectivity index (χ1) is 12.6. The van der Waals surface area contributed by atoms with Gasteiger partial charge in [0, 0.05) is 25.9 Å². The van der Waals surface area contributed by atoms with Crippen LogP contribution in [0.15, 0.2) is 12.7 Å². The molecule has 0 aromatic heterocycles. The van der Waals surface area contributed by atoms with E-state index in [-0.39, 0.29) is 44.7 Å². The van der Waals surface area contributed by atoms with Gasteiger partial charge < -0.3 is 19.1 Å². The molecule has 27 heavy (non-hydrogen) atoms. The van der Waals surface area contributed by atoms with Crippen LogP contribution in [0, 0.1) is 5.41 Å². The fourth-order valence-corrected chi connectivity index (χ4v) is 2.83.